The van der Waals surface area contributed by atoms with Crippen molar-refractivity contribution >= 4 is 33.6 Å². The molecule has 10 heteroatoms. The lowest BCUT2D eigenvalue weighted by Gasteiger charge is -2.77. The molecule has 0 amide bonds. The Morgan fingerprint density at radius 3 is 2.71 bits per heavy atom. The zero-order valence-corrected chi connectivity index (χ0v) is 18.4. The van der Waals surface area contributed by atoms with E-state index in [-0.39, 0.29) is 57.8 Å². The molecule has 2 aromatic carbocycles. The van der Waals surface area contributed by atoms with Gasteiger partial charge in [0.25, 0.3) is 0 Å². The van der Waals surface area contributed by atoms with E-state index in [1.807, 2.05) is 6.07 Å². The number of nitrogens with zero attached hydrogens (tertiary/aromatic N) is 4. The molecule has 4 aliphatic rings. The number of benzene rings is 2. The minimum atomic E-state index is -0.682. The predicted octanol–water partition coefficient (Wildman–Crippen LogP) is 3.50. The van der Waals surface area contributed by atoms with Crippen molar-refractivity contribution in [1.29, 1.82) is 5.26 Å². The SMILES string of the molecule is N#Cc1c(N)oc2ccc(F)c(-c3c4c(c5c(N6C7CCC78NCC68)ncnc5c3F)COC4)c12. The molecule has 8 nitrogen and oxygen atoms in total. The summed E-state index contributed by atoms with van der Waals surface area (Å²) in [6.07, 6.45) is 3.56. The van der Waals surface area contributed by atoms with Crippen LogP contribution in [0.5, 0.6) is 0 Å². The summed E-state index contributed by atoms with van der Waals surface area (Å²) in [5.74, 6) is -0.782. The Hall–Kier alpha value is -3.81. The molecule has 174 valence electrons. The number of piperazine rings is 1. The third kappa shape index (κ3) is 2.09. The van der Waals surface area contributed by atoms with Crippen LogP contribution in [-0.2, 0) is 18.0 Å². The fraction of sp³-hybridized carbons (Fsp3) is 0.320. The fourth-order valence-electron chi connectivity index (χ4n) is 6.74. The van der Waals surface area contributed by atoms with E-state index >= 15 is 8.78 Å². The quantitative estimate of drug-likeness (QED) is 0.456. The highest BCUT2D eigenvalue weighted by Crippen LogP contribution is 2.57. The first-order valence-corrected chi connectivity index (χ1v) is 11.5. The van der Waals surface area contributed by atoms with E-state index < -0.39 is 11.6 Å². The Balaban J connectivity index is 1.44. The lowest BCUT2D eigenvalue weighted by molar-refractivity contribution is -0.0521. The van der Waals surface area contributed by atoms with Gasteiger partial charge in [-0.2, -0.15) is 5.26 Å². The fourth-order valence-corrected chi connectivity index (χ4v) is 6.74. The van der Waals surface area contributed by atoms with Gasteiger partial charge in [-0.1, -0.05) is 0 Å². The van der Waals surface area contributed by atoms with Crippen molar-refractivity contribution in [3.8, 4) is 17.2 Å². The minimum absolute atomic E-state index is 0.0237. The van der Waals surface area contributed by atoms with Gasteiger partial charge in [0.2, 0.25) is 5.88 Å². The number of ether oxygens (including phenoxy) is 1. The zero-order chi connectivity index (χ0) is 23.6. The number of furan rings is 1. The molecule has 3 fully saturated rings. The number of piperidine rings is 1. The largest absolute Gasteiger partial charge is 0.439 e. The molecule has 3 N–H and O–H groups in total. The van der Waals surface area contributed by atoms with Crippen LogP contribution in [0.25, 0.3) is 33.0 Å². The minimum Gasteiger partial charge on any atom is -0.439 e. The number of rotatable bonds is 2. The topological polar surface area (TPSA) is 113 Å². The van der Waals surface area contributed by atoms with Gasteiger partial charge < -0.3 is 25.1 Å². The van der Waals surface area contributed by atoms with Crippen LogP contribution in [0, 0.1) is 23.0 Å². The molecule has 3 unspecified atom stereocenters. The van der Waals surface area contributed by atoms with Crippen LogP contribution < -0.4 is 16.0 Å². The molecule has 5 heterocycles. The third-order valence-electron chi connectivity index (χ3n) is 8.47. The highest BCUT2D eigenvalue weighted by atomic mass is 19.1. The average molecular weight is 472 g/mol. The average Bonchev–Trinajstić information content (AvgIpc) is 3.42. The number of aromatic nitrogens is 2. The molecule has 4 aromatic rings. The monoisotopic (exact) mass is 472 g/mol. The Kier molecular flexibility index (Phi) is 3.48. The van der Waals surface area contributed by atoms with Crippen molar-refractivity contribution in [1.82, 2.24) is 15.3 Å². The van der Waals surface area contributed by atoms with Gasteiger partial charge in [-0.05, 0) is 36.1 Å². The maximum absolute atomic E-state index is 16.4. The van der Waals surface area contributed by atoms with Crippen LogP contribution in [0.15, 0.2) is 22.9 Å². The number of anilines is 2. The normalized spacial score (nSPS) is 25.9. The van der Waals surface area contributed by atoms with Gasteiger partial charge in [0.05, 0.1) is 41.6 Å². The van der Waals surface area contributed by atoms with Crippen LogP contribution in [0.4, 0.5) is 20.5 Å². The first kappa shape index (κ1) is 19.5. The molecule has 8 rings (SSSR count). The summed E-state index contributed by atoms with van der Waals surface area (Å²) >= 11 is 0. The van der Waals surface area contributed by atoms with E-state index in [2.05, 4.69) is 20.2 Å². The number of nitrogen functional groups attached to an aromatic ring is 1. The lowest BCUT2D eigenvalue weighted by Crippen LogP contribution is -2.96. The molecular formula is C25H18F2N6O2. The first-order chi connectivity index (χ1) is 17.0. The van der Waals surface area contributed by atoms with E-state index in [1.54, 1.807) is 0 Å². The first-order valence-electron chi connectivity index (χ1n) is 11.5. The van der Waals surface area contributed by atoms with Crippen LogP contribution in [0.3, 0.4) is 0 Å². The van der Waals surface area contributed by atoms with Crippen LogP contribution in [-0.4, -0.2) is 34.1 Å². The summed E-state index contributed by atoms with van der Waals surface area (Å²) in [7, 11) is 0. The van der Waals surface area contributed by atoms with Crippen LogP contribution in [0.2, 0.25) is 0 Å². The number of halogens is 2. The standard InChI is InChI=1S/C25H18F2N6O2/c26-13-1-2-14-17(10(5-28)23(29)35-14)20(13)18-11-7-34-8-12(11)19-22(21(18)27)30-9-31-24(19)33-15-3-4-25(15)16(33)6-32-25/h1-2,9,15-16,32H,3-4,6-8,29H2. The van der Waals surface area contributed by atoms with Crippen molar-refractivity contribution in [2.45, 2.75) is 43.7 Å². The van der Waals surface area contributed by atoms with Gasteiger partial charge in [0.1, 0.15) is 40.7 Å². The highest BCUT2D eigenvalue weighted by molar-refractivity contribution is 6.05. The molecule has 1 spiro atoms. The molecule has 0 bridgehead atoms. The van der Waals surface area contributed by atoms with Crippen molar-refractivity contribution in [2.24, 2.45) is 0 Å². The van der Waals surface area contributed by atoms with Gasteiger partial charge >= 0.3 is 0 Å². The molecule has 0 radical (unpaired) electrons. The number of nitriles is 1. The van der Waals surface area contributed by atoms with Crippen molar-refractivity contribution in [3.63, 3.8) is 0 Å². The zero-order valence-electron chi connectivity index (χ0n) is 18.4. The molecule has 35 heavy (non-hydrogen) atoms. The van der Waals surface area contributed by atoms with E-state index in [4.69, 9.17) is 14.9 Å². The second-order valence-corrected chi connectivity index (χ2v) is 9.71. The number of fused-ring (bicyclic) bond motifs is 4. The highest BCUT2D eigenvalue weighted by Gasteiger charge is 2.71. The second kappa shape index (κ2) is 6.24. The third-order valence-corrected chi connectivity index (χ3v) is 8.47. The van der Waals surface area contributed by atoms with Crippen molar-refractivity contribution in [3.05, 3.63) is 46.8 Å². The van der Waals surface area contributed by atoms with Crippen LogP contribution >= 0.6 is 0 Å². The van der Waals surface area contributed by atoms with Crippen molar-refractivity contribution < 1.29 is 17.9 Å². The summed E-state index contributed by atoms with van der Waals surface area (Å²) < 4.78 is 43.1. The summed E-state index contributed by atoms with van der Waals surface area (Å²) in [5.41, 5.74) is 7.60. The Labute approximate surface area is 197 Å². The lowest BCUT2D eigenvalue weighted by atomic mass is 9.54. The molecule has 3 aliphatic heterocycles. The van der Waals surface area contributed by atoms with Gasteiger partial charge in [0.15, 0.2) is 5.82 Å². The number of nitrogens with two attached hydrogens (primary N) is 1. The second-order valence-electron chi connectivity index (χ2n) is 9.71. The Bertz CT molecular complexity index is 1660. The molecule has 2 aromatic heterocycles. The Morgan fingerprint density at radius 1 is 1.14 bits per heavy atom. The predicted molar refractivity (Wildman–Crippen MR) is 122 cm³/mol. The molecule has 2 saturated heterocycles. The maximum atomic E-state index is 16.4. The van der Waals surface area contributed by atoms with E-state index in [9.17, 15) is 5.26 Å². The summed E-state index contributed by atoms with van der Waals surface area (Å²) in [6, 6.07) is 5.22. The van der Waals surface area contributed by atoms with Gasteiger partial charge in [-0.3, -0.25) is 0 Å². The van der Waals surface area contributed by atoms with E-state index in [1.165, 1.54) is 18.5 Å². The molecule has 1 aliphatic carbocycles. The molecular weight excluding hydrogens is 454 g/mol. The van der Waals surface area contributed by atoms with Gasteiger partial charge in [-0.25, -0.2) is 18.7 Å². The summed E-state index contributed by atoms with van der Waals surface area (Å²) in [6.45, 7) is 1.21. The Morgan fingerprint density at radius 2 is 2.00 bits per heavy atom. The van der Waals surface area contributed by atoms with Crippen molar-refractivity contribution in [2.75, 3.05) is 17.2 Å². The summed E-state index contributed by atoms with van der Waals surface area (Å²) in [4.78, 5) is 11.2. The molecule has 3 atom stereocenters. The number of hydrogen-bond donors (Lipinski definition) is 2. The molecule has 1 saturated carbocycles. The maximum Gasteiger partial charge on any atom is 0.209 e. The van der Waals surface area contributed by atoms with E-state index in [0.29, 0.717) is 28.9 Å². The smallest absolute Gasteiger partial charge is 0.209 e. The number of nitrogens with one attached hydrogen (secondary N) is 1. The summed E-state index contributed by atoms with van der Waals surface area (Å²) in [5, 5.41) is 14.0. The van der Waals surface area contributed by atoms with Crippen LogP contribution in [0.1, 0.15) is 29.5 Å². The van der Waals surface area contributed by atoms with Gasteiger partial charge in [-0.15, -0.1) is 0 Å². The van der Waals surface area contributed by atoms with E-state index in [0.717, 1.165) is 24.9 Å². The van der Waals surface area contributed by atoms with Gasteiger partial charge in [0, 0.05) is 17.7 Å². The number of hydrogen-bond acceptors (Lipinski definition) is 8.